The molecule has 0 N–H and O–H groups in total. The minimum absolute atomic E-state index is 0.874. The van der Waals surface area contributed by atoms with Crippen LogP contribution < -0.4 is 0 Å². The molecule has 0 aromatic carbocycles. The van der Waals surface area contributed by atoms with Crippen LogP contribution in [0.15, 0.2) is 0 Å². The Bertz CT molecular complexity index is 72.9. The van der Waals surface area contributed by atoms with Crippen LogP contribution in [-0.2, 0) is 0 Å². The Morgan fingerprint density at radius 1 is 1.27 bits per heavy atom. The van der Waals surface area contributed by atoms with Crippen molar-refractivity contribution in [2.45, 2.75) is 40.0 Å². The highest BCUT2D eigenvalue weighted by Crippen LogP contribution is 2.20. The van der Waals surface area contributed by atoms with Crippen LogP contribution >= 0.6 is 11.8 Å². The maximum absolute atomic E-state index is 2.32. The molecule has 1 heteroatoms. The van der Waals surface area contributed by atoms with Crippen molar-refractivity contribution in [1.82, 2.24) is 0 Å². The lowest BCUT2D eigenvalue weighted by Gasteiger charge is -2.16. The third-order valence-electron chi connectivity index (χ3n) is 1.90. The van der Waals surface area contributed by atoms with Gasteiger partial charge < -0.3 is 0 Å². The Morgan fingerprint density at radius 3 is 2.27 bits per heavy atom. The molecule has 11 heavy (non-hydrogen) atoms. The summed E-state index contributed by atoms with van der Waals surface area (Å²) in [6.45, 7) is 6.93. The molecule has 0 spiro atoms. The van der Waals surface area contributed by atoms with Crippen LogP contribution in [0.3, 0.4) is 0 Å². The van der Waals surface area contributed by atoms with Crippen LogP contribution in [0, 0.1) is 11.8 Å². The standard InChI is InChI=1S/C10H22S/c1-5-6-10(8-11-4)7-9(2)3/h9-10H,5-8H2,1-4H3. The molecule has 68 valence electrons. The summed E-state index contributed by atoms with van der Waals surface area (Å²) in [5.41, 5.74) is 0. The first kappa shape index (κ1) is 11.4. The van der Waals surface area contributed by atoms with E-state index in [1.165, 1.54) is 25.0 Å². The van der Waals surface area contributed by atoms with Gasteiger partial charge in [0.15, 0.2) is 0 Å². The topological polar surface area (TPSA) is 0 Å². The van der Waals surface area contributed by atoms with Gasteiger partial charge in [-0.25, -0.2) is 0 Å². The molecule has 0 radical (unpaired) electrons. The third kappa shape index (κ3) is 6.74. The van der Waals surface area contributed by atoms with E-state index in [1.54, 1.807) is 0 Å². The monoisotopic (exact) mass is 174 g/mol. The molecule has 0 aromatic rings. The summed E-state index contributed by atoms with van der Waals surface area (Å²) >= 11 is 1.99. The third-order valence-corrected chi connectivity index (χ3v) is 2.71. The van der Waals surface area contributed by atoms with Gasteiger partial charge in [0.05, 0.1) is 0 Å². The van der Waals surface area contributed by atoms with E-state index in [1.807, 2.05) is 11.8 Å². The molecular formula is C10H22S. The van der Waals surface area contributed by atoms with Crippen molar-refractivity contribution < 1.29 is 0 Å². The van der Waals surface area contributed by atoms with Crippen molar-refractivity contribution in [3.63, 3.8) is 0 Å². The fraction of sp³-hybridized carbons (Fsp3) is 1.00. The molecule has 0 bridgehead atoms. The molecule has 1 unspecified atom stereocenters. The molecule has 0 saturated heterocycles. The summed E-state index contributed by atoms with van der Waals surface area (Å²) in [6, 6.07) is 0. The Hall–Kier alpha value is 0.350. The van der Waals surface area contributed by atoms with Crippen molar-refractivity contribution in [2.75, 3.05) is 12.0 Å². The summed E-state index contributed by atoms with van der Waals surface area (Å²) in [4.78, 5) is 0. The van der Waals surface area contributed by atoms with Crippen LogP contribution in [0.2, 0.25) is 0 Å². The summed E-state index contributed by atoms with van der Waals surface area (Å²) in [5, 5.41) is 0. The Labute approximate surface area is 76.1 Å². The minimum atomic E-state index is 0.874. The van der Waals surface area contributed by atoms with E-state index in [-0.39, 0.29) is 0 Å². The zero-order chi connectivity index (χ0) is 8.69. The Morgan fingerprint density at radius 2 is 1.91 bits per heavy atom. The van der Waals surface area contributed by atoms with Crippen LogP contribution in [0.1, 0.15) is 40.0 Å². The van der Waals surface area contributed by atoms with Crippen molar-refractivity contribution >= 4 is 11.8 Å². The molecule has 0 heterocycles. The molecule has 0 aromatic heterocycles. The van der Waals surface area contributed by atoms with Gasteiger partial charge in [-0.05, 0) is 36.7 Å². The average Bonchev–Trinajstić information content (AvgIpc) is 1.87. The van der Waals surface area contributed by atoms with Gasteiger partial charge in [-0.2, -0.15) is 11.8 Å². The second-order valence-electron chi connectivity index (χ2n) is 3.74. The zero-order valence-electron chi connectivity index (χ0n) is 8.39. The van der Waals surface area contributed by atoms with Crippen molar-refractivity contribution in [3.8, 4) is 0 Å². The van der Waals surface area contributed by atoms with E-state index in [9.17, 15) is 0 Å². The highest BCUT2D eigenvalue weighted by Gasteiger charge is 2.08. The van der Waals surface area contributed by atoms with E-state index in [4.69, 9.17) is 0 Å². The molecule has 0 amide bonds. The van der Waals surface area contributed by atoms with Gasteiger partial charge in [0.25, 0.3) is 0 Å². The van der Waals surface area contributed by atoms with Gasteiger partial charge in [0.2, 0.25) is 0 Å². The molecular weight excluding hydrogens is 152 g/mol. The lowest BCUT2D eigenvalue weighted by Crippen LogP contribution is -2.06. The van der Waals surface area contributed by atoms with Gasteiger partial charge >= 0.3 is 0 Å². The van der Waals surface area contributed by atoms with Gasteiger partial charge in [-0.1, -0.05) is 27.2 Å². The van der Waals surface area contributed by atoms with E-state index < -0.39 is 0 Å². The fourth-order valence-corrected chi connectivity index (χ4v) is 2.35. The molecule has 0 saturated carbocycles. The molecule has 0 nitrogen and oxygen atoms in total. The molecule has 0 rings (SSSR count). The van der Waals surface area contributed by atoms with Crippen molar-refractivity contribution in [3.05, 3.63) is 0 Å². The van der Waals surface area contributed by atoms with E-state index in [0.29, 0.717) is 0 Å². The number of thioether (sulfide) groups is 1. The number of hydrogen-bond donors (Lipinski definition) is 0. The Balaban J connectivity index is 3.50. The highest BCUT2D eigenvalue weighted by molar-refractivity contribution is 7.98. The maximum Gasteiger partial charge on any atom is -0.00418 e. The quantitative estimate of drug-likeness (QED) is 0.590. The molecule has 0 aliphatic carbocycles. The van der Waals surface area contributed by atoms with Gasteiger partial charge in [-0.3, -0.25) is 0 Å². The molecule has 0 aliphatic rings. The number of rotatable bonds is 6. The lowest BCUT2D eigenvalue weighted by atomic mass is 9.95. The summed E-state index contributed by atoms with van der Waals surface area (Å²) in [5.74, 6) is 3.19. The van der Waals surface area contributed by atoms with Crippen LogP contribution in [0.4, 0.5) is 0 Å². The largest absolute Gasteiger partial charge is 0.165 e. The molecule has 1 atom stereocenters. The van der Waals surface area contributed by atoms with Crippen LogP contribution in [0.5, 0.6) is 0 Å². The van der Waals surface area contributed by atoms with Crippen LogP contribution in [0.25, 0.3) is 0 Å². The van der Waals surface area contributed by atoms with Crippen molar-refractivity contribution in [2.24, 2.45) is 11.8 Å². The smallest absolute Gasteiger partial charge is 0.00418 e. The van der Waals surface area contributed by atoms with Gasteiger partial charge in [0.1, 0.15) is 0 Å². The van der Waals surface area contributed by atoms with E-state index in [0.717, 1.165) is 11.8 Å². The first-order valence-corrected chi connectivity index (χ1v) is 6.09. The first-order chi connectivity index (χ1) is 5.20. The van der Waals surface area contributed by atoms with E-state index in [2.05, 4.69) is 27.0 Å². The fourth-order valence-electron chi connectivity index (χ4n) is 1.58. The second kappa shape index (κ2) is 7.02. The highest BCUT2D eigenvalue weighted by atomic mass is 32.2. The lowest BCUT2D eigenvalue weighted by molar-refractivity contribution is 0.418. The summed E-state index contributed by atoms with van der Waals surface area (Å²) < 4.78 is 0. The number of hydrogen-bond acceptors (Lipinski definition) is 1. The minimum Gasteiger partial charge on any atom is -0.165 e. The normalized spacial score (nSPS) is 13.9. The molecule has 0 fully saturated rings. The Kier molecular flexibility index (Phi) is 7.25. The molecule has 0 aliphatic heterocycles. The van der Waals surface area contributed by atoms with Gasteiger partial charge in [-0.15, -0.1) is 0 Å². The average molecular weight is 174 g/mol. The predicted molar refractivity (Wildman–Crippen MR) is 56.2 cm³/mol. The van der Waals surface area contributed by atoms with E-state index >= 15 is 0 Å². The zero-order valence-corrected chi connectivity index (χ0v) is 9.21. The first-order valence-electron chi connectivity index (χ1n) is 4.69. The maximum atomic E-state index is 2.32. The predicted octanol–water partition coefficient (Wildman–Crippen LogP) is 3.81. The second-order valence-corrected chi connectivity index (χ2v) is 4.65. The van der Waals surface area contributed by atoms with Crippen molar-refractivity contribution in [1.29, 1.82) is 0 Å². The summed E-state index contributed by atoms with van der Waals surface area (Å²) in [7, 11) is 0. The summed E-state index contributed by atoms with van der Waals surface area (Å²) in [6.07, 6.45) is 6.38. The SMILES string of the molecule is CCCC(CSC)CC(C)C. The van der Waals surface area contributed by atoms with Gasteiger partial charge in [0, 0.05) is 0 Å². The van der Waals surface area contributed by atoms with Crippen LogP contribution in [-0.4, -0.2) is 12.0 Å².